The topological polar surface area (TPSA) is 65.6 Å². The Balaban J connectivity index is 1.23. The molecular formula is C39H41ClN4O4. The lowest BCUT2D eigenvalue weighted by atomic mass is 9.95. The predicted octanol–water partition coefficient (Wildman–Crippen LogP) is 6.72. The van der Waals surface area contributed by atoms with E-state index in [-0.39, 0.29) is 17.7 Å². The monoisotopic (exact) mass is 664 g/mol. The van der Waals surface area contributed by atoms with Crippen LogP contribution in [0.4, 0.5) is 5.69 Å². The molecule has 7 rings (SSSR count). The number of hydrogen-bond donors (Lipinski definition) is 0. The van der Waals surface area contributed by atoms with Crippen molar-refractivity contribution in [3.63, 3.8) is 0 Å². The standard InChI is InChI=1S/C39H41ClN4O4/c1-4-38(45)43-22-26(23-43)24-44-35-21-34(40)33(20-36(35)48-37(39(44)46)25-42-16-14-28(15-17-42)41(2)3)32-19-30(47-29-11-6-5-7-12-29)18-27-10-8-9-13-31(27)32/h4-13,18-21,26,28,37H,1,14-17,22-25H2,2-3H3. The minimum atomic E-state index is -0.655. The van der Waals surface area contributed by atoms with Crippen molar-refractivity contribution < 1.29 is 19.1 Å². The van der Waals surface area contributed by atoms with Crippen molar-refractivity contribution in [2.45, 2.75) is 25.0 Å². The van der Waals surface area contributed by atoms with Crippen LogP contribution in [0.1, 0.15) is 12.8 Å². The number of benzene rings is 4. The largest absolute Gasteiger partial charge is 0.477 e. The predicted molar refractivity (Wildman–Crippen MR) is 191 cm³/mol. The zero-order valence-electron chi connectivity index (χ0n) is 27.5. The fraction of sp³-hybridized carbons (Fsp3) is 0.333. The molecular weight excluding hydrogens is 624 g/mol. The molecule has 48 heavy (non-hydrogen) atoms. The number of ether oxygens (including phenoxy) is 2. The van der Waals surface area contributed by atoms with E-state index in [0.717, 1.165) is 53.6 Å². The van der Waals surface area contributed by atoms with Crippen LogP contribution in [0.5, 0.6) is 17.2 Å². The molecule has 4 aromatic rings. The first kappa shape index (κ1) is 32.2. The minimum Gasteiger partial charge on any atom is -0.477 e. The van der Waals surface area contributed by atoms with Gasteiger partial charge in [0, 0.05) is 43.7 Å². The molecule has 0 N–H and O–H groups in total. The fourth-order valence-corrected chi connectivity index (χ4v) is 7.41. The summed E-state index contributed by atoms with van der Waals surface area (Å²) >= 11 is 7.11. The molecule has 2 amide bonds. The molecule has 2 fully saturated rings. The molecule has 8 nitrogen and oxygen atoms in total. The number of likely N-dealkylation sites (tertiary alicyclic amines) is 2. The summed E-state index contributed by atoms with van der Waals surface area (Å²) in [5, 5.41) is 2.57. The van der Waals surface area contributed by atoms with Gasteiger partial charge in [0.1, 0.15) is 17.2 Å². The van der Waals surface area contributed by atoms with Gasteiger partial charge in [0.05, 0.1) is 10.7 Å². The van der Waals surface area contributed by atoms with Crippen LogP contribution >= 0.6 is 11.6 Å². The van der Waals surface area contributed by atoms with Crippen molar-refractivity contribution in [2.75, 3.05) is 58.3 Å². The van der Waals surface area contributed by atoms with Gasteiger partial charge >= 0.3 is 0 Å². The van der Waals surface area contributed by atoms with E-state index >= 15 is 0 Å². The van der Waals surface area contributed by atoms with Gasteiger partial charge in [-0.25, -0.2) is 0 Å². The van der Waals surface area contributed by atoms with Crippen LogP contribution in [0, 0.1) is 5.92 Å². The molecule has 1 unspecified atom stereocenters. The third-order valence-corrected chi connectivity index (χ3v) is 10.2. The van der Waals surface area contributed by atoms with Crippen LogP contribution in [0.2, 0.25) is 5.02 Å². The lowest BCUT2D eigenvalue weighted by molar-refractivity contribution is -0.132. The highest BCUT2D eigenvalue weighted by molar-refractivity contribution is 6.34. The van der Waals surface area contributed by atoms with E-state index in [9.17, 15) is 9.59 Å². The number of rotatable bonds is 9. The first-order chi connectivity index (χ1) is 23.3. The Labute approximate surface area is 287 Å². The van der Waals surface area contributed by atoms with Gasteiger partial charge in [0.2, 0.25) is 5.91 Å². The summed E-state index contributed by atoms with van der Waals surface area (Å²) in [7, 11) is 4.25. The van der Waals surface area contributed by atoms with E-state index in [0.29, 0.717) is 54.4 Å². The van der Waals surface area contributed by atoms with Gasteiger partial charge in [-0.05, 0) is 98.8 Å². The quantitative estimate of drug-likeness (QED) is 0.185. The molecule has 1 atom stereocenters. The summed E-state index contributed by atoms with van der Waals surface area (Å²) in [6, 6.07) is 26.3. The zero-order valence-corrected chi connectivity index (χ0v) is 28.2. The maximum atomic E-state index is 14.2. The van der Waals surface area contributed by atoms with E-state index in [1.165, 1.54) is 6.08 Å². The summed E-state index contributed by atoms with van der Waals surface area (Å²) in [6.45, 7) is 7.60. The van der Waals surface area contributed by atoms with Gasteiger partial charge in [-0.2, -0.15) is 0 Å². The van der Waals surface area contributed by atoms with Crippen molar-refractivity contribution in [3.8, 4) is 28.4 Å². The molecule has 3 heterocycles. The van der Waals surface area contributed by atoms with Gasteiger partial charge < -0.3 is 24.2 Å². The first-order valence-corrected chi connectivity index (χ1v) is 17.0. The Hall–Kier alpha value is -4.37. The summed E-state index contributed by atoms with van der Waals surface area (Å²) < 4.78 is 12.9. The molecule has 0 radical (unpaired) electrons. The summed E-state index contributed by atoms with van der Waals surface area (Å²) in [4.78, 5) is 34.5. The normalized spacial score (nSPS) is 18.8. The molecule has 2 saturated heterocycles. The Morgan fingerprint density at radius 2 is 1.69 bits per heavy atom. The second kappa shape index (κ2) is 13.6. The Bertz CT molecular complexity index is 1830. The van der Waals surface area contributed by atoms with Gasteiger partial charge in [-0.1, -0.05) is 60.6 Å². The van der Waals surface area contributed by atoms with Crippen LogP contribution < -0.4 is 14.4 Å². The third kappa shape index (κ3) is 6.52. The molecule has 0 aromatic heterocycles. The van der Waals surface area contributed by atoms with E-state index in [2.05, 4.69) is 42.6 Å². The Morgan fingerprint density at radius 3 is 2.42 bits per heavy atom. The fourth-order valence-electron chi connectivity index (χ4n) is 7.15. The number of amides is 2. The maximum absolute atomic E-state index is 14.2. The number of carbonyl (C=O) groups is 2. The highest BCUT2D eigenvalue weighted by Gasteiger charge is 2.40. The molecule has 3 aliphatic rings. The lowest BCUT2D eigenvalue weighted by Crippen LogP contribution is -2.58. The highest BCUT2D eigenvalue weighted by Crippen LogP contribution is 2.45. The smallest absolute Gasteiger partial charge is 0.269 e. The molecule has 3 aliphatic heterocycles. The summed E-state index contributed by atoms with van der Waals surface area (Å²) in [5.74, 6) is 2.06. The number of halogens is 1. The third-order valence-electron chi connectivity index (χ3n) is 9.85. The van der Waals surface area contributed by atoms with E-state index in [4.69, 9.17) is 21.1 Å². The lowest BCUT2D eigenvalue weighted by Gasteiger charge is -2.44. The van der Waals surface area contributed by atoms with Crippen LogP contribution in [0.15, 0.2) is 91.5 Å². The SMILES string of the molecule is C=CC(=O)N1CC(CN2C(=O)C(CN3CCC(N(C)C)CC3)Oc3cc(-c4cc(Oc5ccccc5)cc5ccccc45)c(Cl)cc32)C1. The average Bonchev–Trinajstić information content (AvgIpc) is 3.07. The number of piperidine rings is 1. The number of para-hydroxylation sites is 1. The second-order valence-corrected chi connectivity index (χ2v) is 13.7. The summed E-state index contributed by atoms with van der Waals surface area (Å²) in [6.07, 6.45) is 2.79. The molecule has 0 bridgehead atoms. The van der Waals surface area contributed by atoms with Gasteiger partial charge in [-0.15, -0.1) is 0 Å². The van der Waals surface area contributed by atoms with Crippen LogP contribution in [0.25, 0.3) is 21.9 Å². The Morgan fingerprint density at radius 1 is 0.958 bits per heavy atom. The minimum absolute atomic E-state index is 0.0711. The van der Waals surface area contributed by atoms with E-state index in [1.807, 2.05) is 71.6 Å². The summed E-state index contributed by atoms with van der Waals surface area (Å²) in [5.41, 5.74) is 2.38. The van der Waals surface area contributed by atoms with Crippen molar-refractivity contribution in [1.82, 2.24) is 14.7 Å². The van der Waals surface area contributed by atoms with Crippen molar-refractivity contribution in [1.29, 1.82) is 0 Å². The van der Waals surface area contributed by atoms with E-state index in [1.54, 1.807) is 4.90 Å². The van der Waals surface area contributed by atoms with E-state index < -0.39 is 6.10 Å². The van der Waals surface area contributed by atoms with Crippen LogP contribution in [-0.4, -0.2) is 92.0 Å². The number of anilines is 1. The molecule has 0 aliphatic carbocycles. The van der Waals surface area contributed by atoms with Gasteiger partial charge in [0.15, 0.2) is 6.10 Å². The molecule has 248 valence electrons. The van der Waals surface area contributed by atoms with Gasteiger partial charge in [0.25, 0.3) is 5.91 Å². The van der Waals surface area contributed by atoms with Crippen molar-refractivity contribution >= 4 is 39.9 Å². The number of carbonyl (C=O) groups excluding carboxylic acids is 2. The highest BCUT2D eigenvalue weighted by atomic mass is 35.5. The number of nitrogens with zero attached hydrogens (tertiary/aromatic N) is 4. The molecule has 9 heteroatoms. The van der Waals surface area contributed by atoms with Crippen molar-refractivity contribution in [2.24, 2.45) is 5.92 Å². The maximum Gasteiger partial charge on any atom is 0.269 e. The number of hydrogen-bond acceptors (Lipinski definition) is 6. The van der Waals surface area contributed by atoms with Crippen molar-refractivity contribution in [3.05, 3.63) is 96.5 Å². The first-order valence-electron chi connectivity index (χ1n) is 16.6. The van der Waals surface area contributed by atoms with Crippen LogP contribution in [-0.2, 0) is 9.59 Å². The van der Waals surface area contributed by atoms with Gasteiger partial charge in [-0.3, -0.25) is 14.5 Å². The molecule has 4 aromatic carbocycles. The second-order valence-electron chi connectivity index (χ2n) is 13.3. The molecule has 0 saturated carbocycles. The zero-order chi connectivity index (χ0) is 33.4. The molecule has 0 spiro atoms. The number of fused-ring (bicyclic) bond motifs is 2. The Kier molecular flexibility index (Phi) is 9.14. The van der Waals surface area contributed by atoms with Crippen LogP contribution in [0.3, 0.4) is 0 Å². The average molecular weight is 665 g/mol.